The number of nitro benzene ring substituents is 1. The molecule has 6 heteroatoms. The molecule has 0 radical (unpaired) electrons. The summed E-state index contributed by atoms with van der Waals surface area (Å²) in [4.78, 5) is 12.8. The van der Waals surface area contributed by atoms with Crippen LogP contribution >= 0.6 is 0 Å². The number of nitrogens with zero attached hydrogens (tertiary/aromatic N) is 2. The third-order valence-corrected chi connectivity index (χ3v) is 3.42. The molecule has 0 bridgehead atoms. The molecule has 110 valence electrons. The number of nitro groups is 1. The minimum atomic E-state index is -0.421. The Hall–Kier alpha value is -1.82. The van der Waals surface area contributed by atoms with Crippen molar-refractivity contribution in [1.29, 1.82) is 0 Å². The van der Waals surface area contributed by atoms with E-state index in [0.717, 1.165) is 24.8 Å². The topological polar surface area (TPSA) is 67.6 Å². The molecule has 0 heterocycles. The Kier molecular flexibility index (Phi) is 4.79. The highest BCUT2D eigenvalue weighted by Gasteiger charge is 2.25. The predicted molar refractivity (Wildman–Crippen MR) is 78.4 cm³/mol. The minimum Gasteiger partial charge on any atom is -0.487 e. The average Bonchev–Trinajstić information content (AvgIpc) is 3.23. The number of anilines is 1. The van der Waals surface area contributed by atoms with Crippen LogP contribution in [-0.2, 0) is 0 Å². The third-order valence-electron chi connectivity index (χ3n) is 3.42. The van der Waals surface area contributed by atoms with Crippen LogP contribution in [0.25, 0.3) is 0 Å². The molecular formula is C14H21N3O3. The van der Waals surface area contributed by atoms with Crippen LogP contribution in [0.3, 0.4) is 0 Å². The molecular weight excluding hydrogens is 258 g/mol. The molecule has 0 spiro atoms. The smallest absolute Gasteiger partial charge is 0.311 e. The standard InChI is InChI=1S/C14H21N3O3/c1-3-20-14-10-11(4-7-13(14)17(18)19)15-8-9-16(2)12-5-6-12/h4,7,10,12,15H,3,5-6,8-9H2,1-2H3. The lowest BCUT2D eigenvalue weighted by Crippen LogP contribution is -2.27. The molecule has 1 aromatic carbocycles. The molecule has 20 heavy (non-hydrogen) atoms. The lowest BCUT2D eigenvalue weighted by molar-refractivity contribution is -0.385. The highest BCUT2D eigenvalue weighted by molar-refractivity contribution is 5.58. The summed E-state index contributed by atoms with van der Waals surface area (Å²) < 4.78 is 5.32. The first-order valence-corrected chi connectivity index (χ1v) is 6.97. The van der Waals surface area contributed by atoms with Crippen molar-refractivity contribution in [1.82, 2.24) is 4.90 Å². The fraction of sp³-hybridized carbons (Fsp3) is 0.571. The van der Waals surface area contributed by atoms with Gasteiger partial charge in [0.05, 0.1) is 11.5 Å². The molecule has 1 aliphatic rings. The number of likely N-dealkylation sites (N-methyl/N-ethyl adjacent to an activating group) is 1. The lowest BCUT2D eigenvalue weighted by Gasteiger charge is -2.16. The van der Waals surface area contributed by atoms with Crippen LogP contribution in [0.5, 0.6) is 5.75 Å². The summed E-state index contributed by atoms with van der Waals surface area (Å²) >= 11 is 0. The van der Waals surface area contributed by atoms with Crippen LogP contribution in [0.1, 0.15) is 19.8 Å². The van der Waals surface area contributed by atoms with Gasteiger partial charge in [0.25, 0.3) is 0 Å². The Balaban J connectivity index is 1.93. The van der Waals surface area contributed by atoms with E-state index in [1.807, 2.05) is 6.92 Å². The molecule has 1 N–H and O–H groups in total. The average molecular weight is 279 g/mol. The maximum atomic E-state index is 10.9. The van der Waals surface area contributed by atoms with Crippen LogP contribution in [0.4, 0.5) is 11.4 Å². The number of ether oxygens (including phenoxy) is 1. The van der Waals surface area contributed by atoms with Crippen molar-refractivity contribution in [2.24, 2.45) is 0 Å². The normalized spacial score (nSPS) is 14.3. The van der Waals surface area contributed by atoms with E-state index < -0.39 is 4.92 Å². The molecule has 6 nitrogen and oxygen atoms in total. The van der Waals surface area contributed by atoms with E-state index in [4.69, 9.17) is 4.74 Å². The quantitative estimate of drug-likeness (QED) is 0.585. The Morgan fingerprint density at radius 3 is 2.85 bits per heavy atom. The van der Waals surface area contributed by atoms with Gasteiger partial charge in [-0.2, -0.15) is 0 Å². The van der Waals surface area contributed by atoms with Gasteiger partial charge >= 0.3 is 5.69 Å². The SMILES string of the molecule is CCOc1cc(NCCN(C)C2CC2)ccc1[N+](=O)[O-]. The van der Waals surface area contributed by atoms with Gasteiger partial charge in [-0.15, -0.1) is 0 Å². The zero-order valence-electron chi connectivity index (χ0n) is 12.0. The van der Waals surface area contributed by atoms with Crippen LogP contribution in [0, 0.1) is 10.1 Å². The van der Waals surface area contributed by atoms with Crippen molar-refractivity contribution < 1.29 is 9.66 Å². The number of rotatable bonds is 8. The molecule has 0 aliphatic heterocycles. The van der Waals surface area contributed by atoms with E-state index in [0.29, 0.717) is 12.4 Å². The molecule has 1 fully saturated rings. The van der Waals surface area contributed by atoms with Crippen molar-refractivity contribution in [3.05, 3.63) is 28.3 Å². The third kappa shape index (κ3) is 3.84. The second-order valence-electron chi connectivity index (χ2n) is 5.01. The predicted octanol–water partition coefficient (Wildman–Crippen LogP) is 2.50. The molecule has 1 aromatic rings. The summed E-state index contributed by atoms with van der Waals surface area (Å²) in [5.41, 5.74) is 0.857. The summed E-state index contributed by atoms with van der Waals surface area (Å²) in [5.74, 6) is 0.318. The minimum absolute atomic E-state index is 0.00694. The van der Waals surface area contributed by atoms with Crippen molar-refractivity contribution in [3.63, 3.8) is 0 Å². The van der Waals surface area contributed by atoms with Crippen LogP contribution in [0.2, 0.25) is 0 Å². The summed E-state index contributed by atoms with van der Waals surface area (Å²) in [6.45, 7) is 4.01. The molecule has 0 saturated heterocycles. The van der Waals surface area contributed by atoms with Gasteiger partial charge in [-0.1, -0.05) is 0 Å². The first-order chi connectivity index (χ1) is 9.61. The van der Waals surface area contributed by atoms with Crippen LogP contribution < -0.4 is 10.1 Å². The van der Waals surface area contributed by atoms with Gasteiger partial charge in [0.2, 0.25) is 0 Å². The Bertz CT molecular complexity index is 475. The first kappa shape index (κ1) is 14.6. The number of benzene rings is 1. The van der Waals surface area contributed by atoms with Gasteiger partial charge in [-0.25, -0.2) is 0 Å². The molecule has 0 atom stereocenters. The largest absolute Gasteiger partial charge is 0.487 e. The molecule has 2 rings (SSSR count). The van der Waals surface area contributed by atoms with E-state index in [1.165, 1.54) is 18.9 Å². The zero-order valence-corrected chi connectivity index (χ0v) is 12.0. The fourth-order valence-electron chi connectivity index (χ4n) is 2.12. The monoisotopic (exact) mass is 279 g/mol. The van der Waals surface area contributed by atoms with E-state index in [1.54, 1.807) is 12.1 Å². The van der Waals surface area contributed by atoms with E-state index in [2.05, 4.69) is 17.3 Å². The number of nitrogens with one attached hydrogen (secondary N) is 1. The zero-order chi connectivity index (χ0) is 14.5. The van der Waals surface area contributed by atoms with E-state index in [9.17, 15) is 10.1 Å². The Labute approximate surface area is 118 Å². The van der Waals surface area contributed by atoms with E-state index in [-0.39, 0.29) is 5.69 Å². The van der Waals surface area contributed by atoms with Gasteiger partial charge in [0.1, 0.15) is 0 Å². The fourth-order valence-corrected chi connectivity index (χ4v) is 2.12. The Morgan fingerprint density at radius 2 is 2.25 bits per heavy atom. The highest BCUT2D eigenvalue weighted by Crippen LogP contribution is 2.30. The molecule has 0 amide bonds. The van der Waals surface area contributed by atoms with Gasteiger partial charge in [-0.3, -0.25) is 10.1 Å². The van der Waals surface area contributed by atoms with Gasteiger partial charge < -0.3 is 15.0 Å². The van der Waals surface area contributed by atoms with E-state index >= 15 is 0 Å². The summed E-state index contributed by atoms with van der Waals surface area (Å²) in [6.07, 6.45) is 2.59. The first-order valence-electron chi connectivity index (χ1n) is 6.97. The van der Waals surface area contributed by atoms with Gasteiger partial charge in [0, 0.05) is 37.0 Å². The maximum absolute atomic E-state index is 10.9. The van der Waals surface area contributed by atoms with Crippen LogP contribution in [0.15, 0.2) is 18.2 Å². The summed E-state index contributed by atoms with van der Waals surface area (Å²) in [6, 6.07) is 5.64. The highest BCUT2D eigenvalue weighted by atomic mass is 16.6. The summed E-state index contributed by atoms with van der Waals surface area (Å²) in [5, 5.41) is 14.2. The van der Waals surface area contributed by atoms with Gasteiger partial charge in [0.15, 0.2) is 5.75 Å². The van der Waals surface area contributed by atoms with Gasteiger partial charge in [-0.05, 0) is 32.9 Å². The van der Waals surface area contributed by atoms with Crippen molar-refractivity contribution in [3.8, 4) is 5.75 Å². The molecule has 1 aliphatic carbocycles. The second-order valence-corrected chi connectivity index (χ2v) is 5.01. The van der Waals surface area contributed by atoms with Crippen molar-refractivity contribution in [2.45, 2.75) is 25.8 Å². The Morgan fingerprint density at radius 1 is 1.50 bits per heavy atom. The summed E-state index contributed by atoms with van der Waals surface area (Å²) in [7, 11) is 2.13. The second kappa shape index (κ2) is 6.56. The lowest BCUT2D eigenvalue weighted by atomic mass is 10.2. The molecule has 0 aromatic heterocycles. The van der Waals surface area contributed by atoms with Crippen molar-refractivity contribution in [2.75, 3.05) is 32.1 Å². The molecule has 0 unspecified atom stereocenters. The van der Waals surface area contributed by atoms with Crippen LogP contribution in [-0.4, -0.2) is 42.6 Å². The number of hydrogen-bond acceptors (Lipinski definition) is 5. The maximum Gasteiger partial charge on any atom is 0.311 e. The number of hydrogen-bond donors (Lipinski definition) is 1. The molecule has 1 saturated carbocycles. The van der Waals surface area contributed by atoms with Crippen molar-refractivity contribution >= 4 is 11.4 Å².